The van der Waals surface area contributed by atoms with Gasteiger partial charge in [-0.1, -0.05) is 102 Å². The van der Waals surface area contributed by atoms with Gasteiger partial charge >= 0.3 is 5.97 Å². The van der Waals surface area contributed by atoms with E-state index in [9.17, 15) is 9.59 Å². The third-order valence-corrected chi connectivity index (χ3v) is 16.8. The Hall–Kier alpha value is -2.45. The number of esters is 1. The molecule has 0 radical (unpaired) electrons. The van der Waals surface area contributed by atoms with E-state index in [4.69, 9.17) is 27.8 Å². The second kappa shape index (κ2) is 20.7. The maximum absolute atomic E-state index is 14.0. The number of ketones is 1. The van der Waals surface area contributed by atoms with Gasteiger partial charge in [0.05, 0.1) is 25.2 Å². The Balaban J connectivity index is 2.01. The number of rotatable bonds is 22. The summed E-state index contributed by atoms with van der Waals surface area (Å²) in [5, 5.41) is -0.0605. The van der Waals surface area contributed by atoms with E-state index in [1.54, 1.807) is 6.08 Å². The highest BCUT2D eigenvalue weighted by Crippen LogP contribution is 2.41. The molecule has 2 aromatic carbocycles. The van der Waals surface area contributed by atoms with Gasteiger partial charge in [0.25, 0.3) is 0 Å². The minimum absolute atomic E-state index is 0.0376. The van der Waals surface area contributed by atoms with Crippen LogP contribution in [0.3, 0.4) is 0 Å². The molecule has 0 spiro atoms. The van der Waals surface area contributed by atoms with Crippen molar-refractivity contribution in [3.63, 3.8) is 0 Å². The molecule has 0 aromatic heterocycles. The number of hydrogen-bond acceptors (Lipinski definition) is 8. The highest BCUT2D eigenvalue weighted by Gasteiger charge is 2.53. The summed E-state index contributed by atoms with van der Waals surface area (Å²) in [4.78, 5) is 27.1. The predicted octanol–water partition coefficient (Wildman–Crippen LogP) is 11.2. The van der Waals surface area contributed by atoms with Crippen molar-refractivity contribution in [2.24, 2.45) is 11.3 Å². The van der Waals surface area contributed by atoms with Crippen molar-refractivity contribution in [1.29, 1.82) is 0 Å². The monoisotopic (exact) mass is 825 g/mol. The van der Waals surface area contributed by atoms with E-state index in [-0.39, 0.29) is 41.8 Å². The molecule has 3 rings (SSSR count). The molecule has 10 heteroatoms. The summed E-state index contributed by atoms with van der Waals surface area (Å²) in [7, 11) is -4.66. The summed E-state index contributed by atoms with van der Waals surface area (Å²) >= 11 is 0. The average Bonchev–Trinajstić information content (AvgIpc) is 3.56. The van der Waals surface area contributed by atoms with E-state index < -0.39 is 45.6 Å². The molecule has 5 atom stereocenters. The lowest BCUT2D eigenvalue weighted by molar-refractivity contribution is -0.204. The molecule has 0 bridgehead atoms. The van der Waals surface area contributed by atoms with Crippen LogP contribution >= 0.6 is 0 Å². The minimum Gasteiger partial charge on any atom is -0.462 e. The number of benzene rings is 2. The Bertz CT molecular complexity index is 1550. The second-order valence-corrected chi connectivity index (χ2v) is 28.8. The smallest absolute Gasteiger partial charge is 0.311 e. The summed E-state index contributed by atoms with van der Waals surface area (Å²) in [6.07, 6.45) is 5.71. The summed E-state index contributed by atoms with van der Waals surface area (Å²) in [5.41, 5.74) is 0.422. The summed E-state index contributed by atoms with van der Waals surface area (Å²) in [5.74, 6) is -0.925. The van der Waals surface area contributed by atoms with E-state index in [1.165, 1.54) is 5.56 Å². The zero-order valence-electron chi connectivity index (χ0n) is 37.9. The number of allylic oxidation sites excluding steroid dienone is 1. The van der Waals surface area contributed by atoms with E-state index in [2.05, 4.69) is 86.4 Å². The Labute approximate surface area is 348 Å². The fourth-order valence-electron chi connectivity index (χ4n) is 6.78. The van der Waals surface area contributed by atoms with E-state index in [0.717, 1.165) is 12.0 Å². The van der Waals surface area contributed by atoms with Gasteiger partial charge in [0, 0.05) is 6.42 Å². The molecule has 1 saturated heterocycles. The van der Waals surface area contributed by atoms with Crippen LogP contribution in [0, 0.1) is 11.3 Å². The first-order valence-electron chi connectivity index (χ1n) is 21.2. The zero-order chi connectivity index (χ0) is 42.7. The molecule has 0 unspecified atom stereocenters. The topological polar surface area (TPSA) is 89.5 Å². The molecule has 2 aromatic rings. The molecule has 1 heterocycles. The third kappa shape index (κ3) is 15.0. The second-order valence-electron chi connectivity index (χ2n) is 19.6. The van der Waals surface area contributed by atoms with E-state index in [0.29, 0.717) is 38.9 Å². The molecule has 0 aliphatic carbocycles. The summed E-state index contributed by atoms with van der Waals surface area (Å²) < 4.78 is 40.6. The molecule has 320 valence electrons. The van der Waals surface area contributed by atoms with Crippen LogP contribution in [0.2, 0.25) is 37.8 Å². The lowest BCUT2D eigenvalue weighted by atomic mass is 9.90. The van der Waals surface area contributed by atoms with Crippen molar-refractivity contribution >= 4 is 28.4 Å². The fourth-order valence-corrected chi connectivity index (χ4v) is 9.19. The van der Waals surface area contributed by atoms with Crippen LogP contribution in [-0.2, 0) is 50.4 Å². The number of carbonyl (C=O) groups excluding carboxylic acids is 2. The SMILES string of the molecule is CCC1(CC)OC[C@H]([C@@H](OCc2ccccc2)[C@](/C=C/C(=O)CCC[C@@H](OC(=O)C(C)(C)C)[C@H](C)Cc2ccccc2)(CO[Si](C)(C)C(C)(C)C)O[Si](C)(C)C)O1. The van der Waals surface area contributed by atoms with Crippen LogP contribution in [0.4, 0.5) is 0 Å². The molecule has 0 N–H and O–H groups in total. The first-order valence-corrected chi connectivity index (χ1v) is 27.5. The van der Waals surface area contributed by atoms with Crippen LogP contribution in [0.5, 0.6) is 0 Å². The van der Waals surface area contributed by atoms with Gasteiger partial charge < -0.3 is 27.8 Å². The quantitative estimate of drug-likeness (QED) is 0.0659. The van der Waals surface area contributed by atoms with E-state index in [1.807, 2.05) is 75.4 Å². The van der Waals surface area contributed by atoms with Crippen molar-refractivity contribution in [3.8, 4) is 0 Å². The van der Waals surface area contributed by atoms with Crippen LogP contribution in [-0.4, -0.2) is 71.3 Å². The van der Waals surface area contributed by atoms with Crippen molar-refractivity contribution in [1.82, 2.24) is 0 Å². The lowest BCUT2D eigenvalue weighted by Gasteiger charge is -2.47. The molecule has 0 saturated carbocycles. The van der Waals surface area contributed by atoms with Crippen molar-refractivity contribution < 1.29 is 37.4 Å². The maximum Gasteiger partial charge on any atom is 0.311 e. The minimum atomic E-state index is -2.35. The van der Waals surface area contributed by atoms with Gasteiger partial charge in [-0.15, -0.1) is 0 Å². The molecule has 1 fully saturated rings. The lowest BCUT2D eigenvalue weighted by Crippen LogP contribution is -2.60. The standard InChI is InChI=1S/C47H76O8Si2/c1-15-47(16-2)51-34-41(54-47)42(50-33-38-26-21-18-22-27-38)46(55-56(10,11)12,35-52-57(13,14)45(7,8)9)31-30-39(48)28-23-29-40(53-43(49)44(4,5)6)36(3)32-37-24-19-17-20-25-37/h17-22,24-27,30-31,36,40-42H,15-16,23,28-29,32-35H2,1-14H3/b31-30+/t36-,40-,41-,42-,46+/m1/s1. The van der Waals surface area contributed by atoms with Gasteiger partial charge in [0.15, 0.2) is 28.2 Å². The Kier molecular flexibility index (Phi) is 17.8. The third-order valence-electron chi connectivity index (χ3n) is 11.4. The average molecular weight is 825 g/mol. The number of hydrogen-bond donors (Lipinski definition) is 0. The normalized spacial score (nSPS) is 19.2. The molecule has 1 aliphatic heterocycles. The van der Waals surface area contributed by atoms with Crippen molar-refractivity contribution in [2.75, 3.05) is 13.2 Å². The van der Waals surface area contributed by atoms with Crippen LogP contribution in [0.25, 0.3) is 0 Å². The highest BCUT2D eigenvalue weighted by atomic mass is 28.4. The number of ether oxygens (including phenoxy) is 4. The van der Waals surface area contributed by atoms with Gasteiger partial charge in [-0.3, -0.25) is 9.59 Å². The van der Waals surface area contributed by atoms with Gasteiger partial charge in [0.1, 0.15) is 23.9 Å². The van der Waals surface area contributed by atoms with Gasteiger partial charge in [-0.25, -0.2) is 0 Å². The molecule has 57 heavy (non-hydrogen) atoms. The number of carbonyl (C=O) groups is 2. The molecular weight excluding hydrogens is 749 g/mol. The Morgan fingerprint density at radius 1 is 0.895 bits per heavy atom. The summed E-state index contributed by atoms with van der Waals surface area (Å²) in [6.45, 7) is 30.3. The Morgan fingerprint density at radius 2 is 1.47 bits per heavy atom. The van der Waals surface area contributed by atoms with Gasteiger partial charge in [-0.2, -0.15) is 0 Å². The maximum atomic E-state index is 14.0. The fraction of sp³-hybridized carbons (Fsp3) is 0.660. The van der Waals surface area contributed by atoms with Crippen LogP contribution in [0.15, 0.2) is 72.8 Å². The van der Waals surface area contributed by atoms with E-state index >= 15 is 0 Å². The Morgan fingerprint density at radius 3 is 1.98 bits per heavy atom. The first kappa shape index (κ1) is 48.9. The molecule has 8 nitrogen and oxygen atoms in total. The van der Waals surface area contributed by atoms with Crippen LogP contribution < -0.4 is 0 Å². The highest BCUT2D eigenvalue weighted by molar-refractivity contribution is 6.74. The molecule has 0 amide bonds. The van der Waals surface area contributed by atoms with Crippen molar-refractivity contribution in [3.05, 3.63) is 83.9 Å². The molecule has 1 aliphatic rings. The van der Waals surface area contributed by atoms with Crippen molar-refractivity contribution in [2.45, 2.75) is 175 Å². The first-order chi connectivity index (χ1) is 26.4. The molecular formula is C47H76O8Si2. The predicted molar refractivity (Wildman–Crippen MR) is 236 cm³/mol. The van der Waals surface area contributed by atoms with Gasteiger partial charge in [-0.05, 0) is 120 Å². The van der Waals surface area contributed by atoms with Gasteiger partial charge in [0.2, 0.25) is 0 Å². The zero-order valence-corrected chi connectivity index (χ0v) is 39.9. The van der Waals surface area contributed by atoms with Crippen LogP contribution in [0.1, 0.15) is 106 Å². The largest absolute Gasteiger partial charge is 0.462 e. The summed E-state index contributed by atoms with van der Waals surface area (Å²) in [6, 6.07) is 20.3.